The van der Waals surface area contributed by atoms with Crippen molar-refractivity contribution < 1.29 is 23.1 Å². The highest BCUT2D eigenvalue weighted by atomic mass is 19.1. The number of aromatic amines is 1. The Morgan fingerprint density at radius 2 is 1.81 bits per heavy atom. The Balaban J connectivity index is 1.75. The lowest BCUT2D eigenvalue weighted by atomic mass is 10.0. The average molecular weight is 492 g/mol. The number of likely N-dealkylation sites (N-methyl/N-ethyl adjacent to an activating group) is 1. The van der Waals surface area contributed by atoms with Crippen LogP contribution in [0, 0.1) is 18.6 Å². The number of carbonyl (C=O) groups excluding carboxylic acids is 2. The molecule has 1 aliphatic heterocycles. The van der Waals surface area contributed by atoms with Crippen LogP contribution in [0.3, 0.4) is 0 Å². The number of H-pyrrole nitrogens is 1. The van der Waals surface area contributed by atoms with Crippen molar-refractivity contribution in [3.63, 3.8) is 0 Å². The van der Waals surface area contributed by atoms with Crippen LogP contribution in [0.1, 0.15) is 12.5 Å². The van der Waals surface area contributed by atoms with Gasteiger partial charge in [-0.2, -0.15) is 0 Å². The number of rotatable bonds is 5. The van der Waals surface area contributed by atoms with Crippen molar-refractivity contribution in [2.45, 2.75) is 13.8 Å². The van der Waals surface area contributed by atoms with E-state index in [-0.39, 0.29) is 29.5 Å². The summed E-state index contributed by atoms with van der Waals surface area (Å²) in [5.41, 5.74) is 1.98. The van der Waals surface area contributed by atoms with Crippen LogP contribution in [0.25, 0.3) is 22.0 Å². The van der Waals surface area contributed by atoms with Gasteiger partial charge in [0.15, 0.2) is 11.6 Å². The number of hydrogen-bond donors (Lipinski definition) is 1. The van der Waals surface area contributed by atoms with Crippen LogP contribution >= 0.6 is 0 Å². The zero-order valence-electron chi connectivity index (χ0n) is 19.8. The quantitative estimate of drug-likeness (QED) is 0.409. The third kappa shape index (κ3) is 3.71. The number of anilines is 1. The van der Waals surface area contributed by atoms with Gasteiger partial charge in [-0.3, -0.25) is 9.59 Å². The van der Waals surface area contributed by atoms with E-state index in [2.05, 4.69) is 4.98 Å². The first kappa shape index (κ1) is 23.3. The number of halogens is 2. The van der Waals surface area contributed by atoms with Crippen LogP contribution in [-0.2, 0) is 11.8 Å². The fraction of sp³-hybridized carbons (Fsp3) is 0.192. The number of nitrogens with zero attached hydrogens (tertiary/aromatic N) is 3. The van der Waals surface area contributed by atoms with E-state index in [1.807, 2.05) is 0 Å². The number of nitrogens with one attached hydrogen (secondary N) is 1. The second-order valence-electron chi connectivity index (χ2n) is 8.56. The number of imide groups is 1. The molecule has 2 aromatic heterocycles. The molecule has 0 aliphatic carbocycles. The maximum absolute atomic E-state index is 14.5. The Kier molecular flexibility index (Phi) is 5.58. The Hall–Kier alpha value is -4.47. The summed E-state index contributed by atoms with van der Waals surface area (Å²) in [5.74, 6) is -2.00. The van der Waals surface area contributed by atoms with Crippen molar-refractivity contribution in [1.82, 2.24) is 14.5 Å². The molecule has 8 nitrogen and oxygen atoms in total. The normalized spacial score (nSPS) is 13.8. The van der Waals surface area contributed by atoms with E-state index >= 15 is 0 Å². The largest absolute Gasteiger partial charge is 0.454 e. The highest BCUT2D eigenvalue weighted by Crippen LogP contribution is 2.42. The molecular weight excluding hydrogens is 470 g/mol. The van der Waals surface area contributed by atoms with Crippen molar-refractivity contribution in [3.05, 3.63) is 76.3 Å². The molecule has 0 radical (unpaired) electrons. The average Bonchev–Trinajstić information content (AvgIpc) is 3.32. The number of pyridine rings is 1. The molecule has 0 unspecified atom stereocenters. The van der Waals surface area contributed by atoms with Gasteiger partial charge in [0.1, 0.15) is 23.6 Å². The van der Waals surface area contributed by atoms with Crippen LogP contribution < -0.4 is 15.2 Å². The van der Waals surface area contributed by atoms with Gasteiger partial charge in [-0.25, -0.2) is 18.5 Å². The Bertz CT molecular complexity index is 1610. The van der Waals surface area contributed by atoms with Gasteiger partial charge in [-0.15, -0.1) is 0 Å². The van der Waals surface area contributed by atoms with Gasteiger partial charge < -0.3 is 19.2 Å². The van der Waals surface area contributed by atoms with Gasteiger partial charge in [0.2, 0.25) is 0 Å². The van der Waals surface area contributed by atoms with Crippen LogP contribution in [0.4, 0.5) is 19.3 Å². The first-order chi connectivity index (χ1) is 17.2. The molecule has 3 heterocycles. The van der Waals surface area contributed by atoms with E-state index in [1.165, 1.54) is 17.2 Å². The molecule has 1 aliphatic rings. The molecule has 0 saturated carbocycles. The summed E-state index contributed by atoms with van der Waals surface area (Å²) in [7, 11) is 1.71. The molecule has 5 rings (SSSR count). The van der Waals surface area contributed by atoms with Crippen molar-refractivity contribution >= 4 is 28.5 Å². The van der Waals surface area contributed by atoms with Crippen molar-refractivity contribution in [1.29, 1.82) is 0 Å². The SMILES string of the molecule is CCN1CC(=O)N(c2cc(-c3cn(C)c4c(=O)[nH]ccc34)c(Oc3ccc(F)cc3F)cc2C)C1=O. The molecular formula is C26H22F2N4O4. The van der Waals surface area contributed by atoms with Crippen molar-refractivity contribution in [3.8, 4) is 22.6 Å². The van der Waals surface area contributed by atoms with Crippen LogP contribution in [0.5, 0.6) is 11.5 Å². The molecule has 10 heteroatoms. The lowest BCUT2D eigenvalue weighted by molar-refractivity contribution is -0.116. The summed E-state index contributed by atoms with van der Waals surface area (Å²) < 4.78 is 35.5. The lowest BCUT2D eigenvalue weighted by Gasteiger charge is -2.21. The van der Waals surface area contributed by atoms with Crippen LogP contribution in [0.2, 0.25) is 0 Å². The number of urea groups is 1. The van der Waals surface area contributed by atoms with Crippen LogP contribution in [-0.4, -0.2) is 39.5 Å². The maximum Gasteiger partial charge on any atom is 0.331 e. The first-order valence-corrected chi connectivity index (χ1v) is 11.3. The molecule has 1 N–H and O–H groups in total. The third-order valence-corrected chi connectivity index (χ3v) is 6.26. The number of aromatic nitrogens is 2. The minimum Gasteiger partial charge on any atom is -0.454 e. The highest BCUT2D eigenvalue weighted by Gasteiger charge is 2.37. The molecule has 2 aromatic carbocycles. The molecule has 1 fully saturated rings. The van der Waals surface area contributed by atoms with E-state index in [9.17, 15) is 23.2 Å². The number of ether oxygens (including phenoxy) is 1. The second-order valence-corrected chi connectivity index (χ2v) is 8.56. The fourth-order valence-electron chi connectivity index (χ4n) is 4.50. The zero-order valence-corrected chi connectivity index (χ0v) is 19.8. The van der Waals surface area contributed by atoms with Gasteiger partial charge in [-0.1, -0.05) is 0 Å². The van der Waals surface area contributed by atoms with Gasteiger partial charge in [0.05, 0.1) is 5.69 Å². The fourth-order valence-corrected chi connectivity index (χ4v) is 4.50. The summed E-state index contributed by atoms with van der Waals surface area (Å²) in [6.45, 7) is 3.83. The van der Waals surface area contributed by atoms with E-state index in [0.29, 0.717) is 45.9 Å². The monoisotopic (exact) mass is 492 g/mol. The summed E-state index contributed by atoms with van der Waals surface area (Å²) in [6, 6.07) is 7.47. The van der Waals surface area contributed by atoms with E-state index in [0.717, 1.165) is 11.0 Å². The standard InChI is InChI=1S/C26H22F2N4O4/c1-4-31-13-23(33)32(26(31)35)20-11-17(18-12-30(3)24-16(18)7-8-29-25(24)34)22(9-14(20)2)36-21-6-5-15(27)10-19(21)28/h5-12H,4,13H2,1-3H3,(H,29,34). The van der Waals surface area contributed by atoms with Gasteiger partial charge in [-0.05, 0) is 49.7 Å². The molecule has 184 valence electrons. The third-order valence-electron chi connectivity index (χ3n) is 6.26. The topological polar surface area (TPSA) is 87.6 Å². The Morgan fingerprint density at radius 1 is 1.03 bits per heavy atom. The lowest BCUT2D eigenvalue weighted by Crippen LogP contribution is -2.33. The van der Waals surface area contributed by atoms with E-state index < -0.39 is 17.7 Å². The number of amides is 3. The minimum atomic E-state index is -0.888. The Morgan fingerprint density at radius 3 is 2.50 bits per heavy atom. The summed E-state index contributed by atoms with van der Waals surface area (Å²) in [4.78, 5) is 43.4. The summed E-state index contributed by atoms with van der Waals surface area (Å²) in [5, 5.41) is 0.592. The number of carbonyl (C=O) groups is 2. The first-order valence-electron chi connectivity index (χ1n) is 11.3. The smallest absolute Gasteiger partial charge is 0.331 e. The predicted octanol–water partition coefficient (Wildman–Crippen LogP) is 4.70. The number of benzene rings is 2. The molecule has 0 bridgehead atoms. The summed E-state index contributed by atoms with van der Waals surface area (Å²) in [6.07, 6.45) is 3.23. The highest BCUT2D eigenvalue weighted by molar-refractivity contribution is 6.20. The molecule has 0 spiro atoms. The van der Waals surface area contributed by atoms with Gasteiger partial charge in [0, 0.05) is 48.6 Å². The Labute approximate surface area is 204 Å². The second kappa shape index (κ2) is 8.63. The predicted molar refractivity (Wildman–Crippen MR) is 130 cm³/mol. The molecule has 36 heavy (non-hydrogen) atoms. The van der Waals surface area contributed by atoms with Crippen LogP contribution in [0.15, 0.2) is 53.6 Å². The van der Waals surface area contributed by atoms with E-state index in [4.69, 9.17) is 4.74 Å². The maximum atomic E-state index is 14.5. The molecule has 3 amide bonds. The van der Waals surface area contributed by atoms with Crippen molar-refractivity contribution in [2.24, 2.45) is 7.05 Å². The van der Waals surface area contributed by atoms with Crippen molar-refractivity contribution in [2.75, 3.05) is 18.0 Å². The number of aryl methyl sites for hydroxylation is 2. The molecule has 0 atom stereocenters. The zero-order chi connectivity index (χ0) is 25.7. The number of fused-ring (bicyclic) bond motifs is 1. The minimum absolute atomic E-state index is 0.0349. The molecule has 1 saturated heterocycles. The van der Waals surface area contributed by atoms with E-state index in [1.54, 1.807) is 49.9 Å². The van der Waals surface area contributed by atoms with Gasteiger partial charge in [0.25, 0.3) is 11.5 Å². The van der Waals surface area contributed by atoms with Gasteiger partial charge >= 0.3 is 6.03 Å². The summed E-state index contributed by atoms with van der Waals surface area (Å²) >= 11 is 0. The molecule has 4 aromatic rings. The number of hydrogen-bond acceptors (Lipinski definition) is 4.